The Bertz CT molecular complexity index is 1510. The van der Waals surface area contributed by atoms with Crippen molar-refractivity contribution >= 4 is 37.7 Å². The van der Waals surface area contributed by atoms with E-state index >= 15 is 0 Å². The number of aromatic nitrogens is 3. The van der Waals surface area contributed by atoms with Crippen molar-refractivity contribution in [1.29, 1.82) is 0 Å². The predicted molar refractivity (Wildman–Crippen MR) is 135 cm³/mol. The minimum atomic E-state index is 0.938. The molecule has 0 bridgehead atoms. The van der Waals surface area contributed by atoms with E-state index in [1.807, 2.05) is 48.8 Å². The van der Waals surface area contributed by atoms with Gasteiger partial charge in [-0.25, -0.2) is 0 Å². The molecule has 0 aliphatic heterocycles. The third kappa shape index (κ3) is 3.12. The normalized spacial score (nSPS) is 11.3. The van der Waals surface area contributed by atoms with Crippen molar-refractivity contribution in [2.45, 2.75) is 0 Å². The minimum Gasteiger partial charge on any atom is -0.309 e. The fraction of sp³-hybridized carbons (Fsp3) is 0. The predicted octanol–water partition coefficient (Wildman–Crippen LogP) is 7.67. The maximum Gasteiger partial charge on any atom is 0.0702 e. The number of para-hydroxylation sites is 1. The van der Waals surface area contributed by atoms with Crippen molar-refractivity contribution in [3.8, 4) is 28.2 Å². The molecule has 6 rings (SSSR count). The number of nitrogens with zero attached hydrogens (tertiary/aromatic N) is 3. The zero-order valence-corrected chi connectivity index (χ0v) is 18.7. The number of pyridine rings is 2. The molecule has 0 saturated carbocycles. The number of fused-ring (bicyclic) bond motifs is 3. The maximum absolute atomic E-state index is 4.61. The lowest BCUT2D eigenvalue weighted by Crippen LogP contribution is -1.97. The van der Waals surface area contributed by atoms with Crippen LogP contribution in [0.25, 0.3) is 50.0 Å². The van der Waals surface area contributed by atoms with Crippen LogP contribution in [0.2, 0.25) is 0 Å². The fourth-order valence-electron chi connectivity index (χ4n) is 4.36. The summed E-state index contributed by atoms with van der Waals surface area (Å²) in [5.74, 6) is 0. The average Bonchev–Trinajstić information content (AvgIpc) is 3.20. The van der Waals surface area contributed by atoms with Crippen LogP contribution in [-0.4, -0.2) is 14.5 Å². The van der Waals surface area contributed by atoms with Gasteiger partial charge in [-0.1, -0.05) is 52.3 Å². The summed E-state index contributed by atoms with van der Waals surface area (Å²) in [5, 5.41) is 2.43. The van der Waals surface area contributed by atoms with E-state index in [1.165, 1.54) is 16.3 Å². The highest BCUT2D eigenvalue weighted by Gasteiger charge is 2.16. The summed E-state index contributed by atoms with van der Waals surface area (Å²) in [6.45, 7) is 0. The third-order valence-electron chi connectivity index (χ3n) is 5.74. The van der Waals surface area contributed by atoms with Gasteiger partial charge in [-0.2, -0.15) is 0 Å². The molecule has 0 spiro atoms. The van der Waals surface area contributed by atoms with Crippen LogP contribution >= 0.6 is 15.9 Å². The van der Waals surface area contributed by atoms with Crippen molar-refractivity contribution in [3.05, 3.63) is 114 Å². The Morgan fingerprint density at radius 2 is 1.22 bits per heavy atom. The average molecular weight is 476 g/mol. The Hall–Kier alpha value is -3.76. The molecule has 0 fully saturated rings. The summed E-state index contributed by atoms with van der Waals surface area (Å²) in [6.07, 6.45) is 3.67. The van der Waals surface area contributed by atoms with E-state index in [-0.39, 0.29) is 0 Å². The van der Waals surface area contributed by atoms with Crippen LogP contribution in [0, 0.1) is 0 Å². The van der Waals surface area contributed by atoms with E-state index in [9.17, 15) is 0 Å². The lowest BCUT2D eigenvalue weighted by atomic mass is 10.0. The highest BCUT2D eigenvalue weighted by molar-refractivity contribution is 9.10. The lowest BCUT2D eigenvalue weighted by molar-refractivity contribution is 1.17. The van der Waals surface area contributed by atoms with Crippen LogP contribution in [0.15, 0.2) is 114 Å². The molecular weight excluding hydrogens is 458 g/mol. The SMILES string of the molecule is Brc1cccc2c1c1ccccc1n2-c1cc(-c2ccccn2)cc(-c2ccccn2)c1. The molecule has 3 aromatic carbocycles. The third-order valence-corrected chi connectivity index (χ3v) is 6.40. The van der Waals surface area contributed by atoms with Gasteiger partial charge in [0.2, 0.25) is 0 Å². The highest BCUT2D eigenvalue weighted by Crippen LogP contribution is 2.38. The molecule has 3 aromatic heterocycles. The molecule has 0 radical (unpaired) electrons. The van der Waals surface area contributed by atoms with Crippen LogP contribution in [0.3, 0.4) is 0 Å². The molecule has 0 aliphatic rings. The summed E-state index contributed by atoms with van der Waals surface area (Å²) in [6, 6.07) is 33.5. The highest BCUT2D eigenvalue weighted by atomic mass is 79.9. The number of rotatable bonds is 3. The molecule has 152 valence electrons. The van der Waals surface area contributed by atoms with Gasteiger partial charge in [-0.15, -0.1) is 0 Å². The maximum atomic E-state index is 4.61. The summed E-state index contributed by atoms with van der Waals surface area (Å²) in [4.78, 5) is 9.22. The van der Waals surface area contributed by atoms with Gasteiger partial charge in [0.05, 0.1) is 22.4 Å². The number of halogens is 1. The number of hydrogen-bond donors (Lipinski definition) is 0. The number of hydrogen-bond acceptors (Lipinski definition) is 2. The first kappa shape index (κ1) is 19.0. The van der Waals surface area contributed by atoms with Gasteiger partial charge in [0.1, 0.15) is 0 Å². The van der Waals surface area contributed by atoms with Gasteiger partial charge >= 0.3 is 0 Å². The van der Waals surface area contributed by atoms with Crippen LogP contribution in [0.4, 0.5) is 0 Å². The molecule has 3 nitrogen and oxygen atoms in total. The molecule has 0 amide bonds. The minimum absolute atomic E-state index is 0.938. The van der Waals surface area contributed by atoms with E-state index in [4.69, 9.17) is 0 Å². The second kappa shape index (κ2) is 7.74. The molecule has 6 aromatic rings. The molecule has 0 saturated heterocycles. The van der Waals surface area contributed by atoms with Gasteiger partial charge in [-0.05, 0) is 60.7 Å². The van der Waals surface area contributed by atoms with E-state index in [0.29, 0.717) is 0 Å². The van der Waals surface area contributed by atoms with Crippen LogP contribution in [-0.2, 0) is 0 Å². The zero-order valence-electron chi connectivity index (χ0n) is 17.1. The zero-order chi connectivity index (χ0) is 21.5. The van der Waals surface area contributed by atoms with Crippen LogP contribution < -0.4 is 0 Å². The van der Waals surface area contributed by atoms with Crippen molar-refractivity contribution < 1.29 is 0 Å². The Balaban J connectivity index is 1.71. The molecule has 3 heterocycles. The summed E-state index contributed by atoms with van der Waals surface area (Å²) < 4.78 is 3.42. The van der Waals surface area contributed by atoms with E-state index in [2.05, 4.69) is 91.1 Å². The van der Waals surface area contributed by atoms with Crippen LogP contribution in [0.1, 0.15) is 0 Å². The Kier molecular flexibility index (Phi) is 4.58. The van der Waals surface area contributed by atoms with E-state index in [0.717, 1.165) is 38.2 Å². The van der Waals surface area contributed by atoms with E-state index in [1.54, 1.807) is 0 Å². The molecule has 32 heavy (non-hydrogen) atoms. The van der Waals surface area contributed by atoms with Crippen molar-refractivity contribution in [2.75, 3.05) is 0 Å². The first-order valence-electron chi connectivity index (χ1n) is 10.5. The largest absolute Gasteiger partial charge is 0.309 e. The standard InChI is InChI=1S/C28H18BrN3/c29-23-9-7-13-27-28(23)22-8-1-2-12-26(22)32(27)21-17-19(24-10-3-5-14-30-24)16-20(18-21)25-11-4-6-15-31-25/h1-18H. The quantitative estimate of drug-likeness (QED) is 0.262. The summed E-state index contributed by atoms with van der Waals surface area (Å²) in [5.41, 5.74) is 7.40. The molecule has 0 N–H and O–H groups in total. The molecule has 0 aliphatic carbocycles. The first-order valence-corrected chi connectivity index (χ1v) is 11.2. The van der Waals surface area contributed by atoms with Crippen LogP contribution in [0.5, 0.6) is 0 Å². The summed E-state index contributed by atoms with van der Waals surface area (Å²) in [7, 11) is 0. The first-order chi connectivity index (χ1) is 15.8. The van der Waals surface area contributed by atoms with Crippen molar-refractivity contribution in [2.24, 2.45) is 0 Å². The lowest BCUT2D eigenvalue weighted by Gasteiger charge is -2.13. The van der Waals surface area contributed by atoms with Gasteiger partial charge in [-0.3, -0.25) is 9.97 Å². The van der Waals surface area contributed by atoms with Gasteiger partial charge in [0.25, 0.3) is 0 Å². The topological polar surface area (TPSA) is 30.7 Å². The van der Waals surface area contributed by atoms with Gasteiger partial charge in [0.15, 0.2) is 0 Å². The van der Waals surface area contributed by atoms with Gasteiger partial charge in [0, 0.05) is 44.5 Å². The van der Waals surface area contributed by atoms with Crippen molar-refractivity contribution in [1.82, 2.24) is 14.5 Å². The second-order valence-corrected chi connectivity index (χ2v) is 8.54. The molecular formula is C28H18BrN3. The second-order valence-electron chi connectivity index (χ2n) is 7.69. The Morgan fingerprint density at radius 3 is 1.88 bits per heavy atom. The van der Waals surface area contributed by atoms with E-state index < -0.39 is 0 Å². The fourth-order valence-corrected chi connectivity index (χ4v) is 4.93. The van der Waals surface area contributed by atoms with Gasteiger partial charge < -0.3 is 4.57 Å². The Morgan fingerprint density at radius 1 is 0.594 bits per heavy atom. The molecule has 0 atom stereocenters. The summed E-state index contributed by atoms with van der Waals surface area (Å²) >= 11 is 3.77. The van der Waals surface area contributed by atoms with Crippen molar-refractivity contribution in [3.63, 3.8) is 0 Å². The smallest absolute Gasteiger partial charge is 0.0702 e. The number of benzene rings is 3. The molecule has 4 heteroatoms. The molecule has 0 unspecified atom stereocenters. The Labute approximate surface area is 194 Å². The monoisotopic (exact) mass is 475 g/mol.